The highest BCUT2D eigenvalue weighted by molar-refractivity contribution is 6.16. The van der Waals surface area contributed by atoms with Crippen LogP contribution in [0.5, 0.6) is 0 Å². The Labute approximate surface area is 104 Å². The molecule has 1 atom stereocenters. The highest BCUT2D eigenvalue weighted by Gasteiger charge is 2.40. The van der Waals surface area contributed by atoms with Gasteiger partial charge in [-0.05, 0) is 6.92 Å². The van der Waals surface area contributed by atoms with E-state index >= 15 is 0 Å². The molecule has 0 saturated heterocycles. The number of cyclic esters (lactones) is 1. The van der Waals surface area contributed by atoms with Crippen molar-refractivity contribution in [2.45, 2.75) is 13.0 Å². The Bertz CT molecular complexity index is 503. The summed E-state index contributed by atoms with van der Waals surface area (Å²) < 4.78 is 9.67. The van der Waals surface area contributed by atoms with E-state index < -0.39 is 29.4 Å². The Kier molecular flexibility index (Phi) is 3.32. The van der Waals surface area contributed by atoms with Crippen molar-refractivity contribution < 1.29 is 24.2 Å². The summed E-state index contributed by atoms with van der Waals surface area (Å²) in [6.45, 7) is 1.74. The fourth-order valence-electron chi connectivity index (χ4n) is 1.70. The summed E-state index contributed by atoms with van der Waals surface area (Å²) in [6, 6.07) is 8.69. The molecule has 0 saturated carbocycles. The smallest absolute Gasteiger partial charge is 0.350 e. The molecule has 0 aromatic heterocycles. The minimum Gasteiger partial charge on any atom is -0.507 e. The maximum atomic E-state index is 11.5. The molecule has 2 rings (SSSR count). The lowest BCUT2D eigenvalue weighted by atomic mass is 10.1. The summed E-state index contributed by atoms with van der Waals surface area (Å²) in [5, 5.41) is 9.90. The number of carbonyl (C=O) groups is 2. The highest BCUT2D eigenvalue weighted by atomic mass is 16.6. The largest absolute Gasteiger partial charge is 0.507 e. The van der Waals surface area contributed by atoms with Crippen LogP contribution >= 0.6 is 0 Å². The molecular weight excluding hydrogens is 236 g/mol. The lowest BCUT2D eigenvalue weighted by Gasteiger charge is -2.09. The first-order valence-electron chi connectivity index (χ1n) is 5.51. The average molecular weight is 248 g/mol. The summed E-state index contributed by atoms with van der Waals surface area (Å²) in [6.07, 6.45) is -0.932. The third kappa shape index (κ3) is 2.07. The lowest BCUT2D eigenvalue weighted by molar-refractivity contribution is -0.146. The van der Waals surface area contributed by atoms with Crippen LogP contribution in [0.3, 0.4) is 0 Å². The Balaban J connectivity index is 2.33. The number of rotatable bonds is 3. The molecule has 18 heavy (non-hydrogen) atoms. The number of benzene rings is 1. The molecule has 1 N–H and O–H groups in total. The third-order valence-electron chi connectivity index (χ3n) is 2.52. The molecule has 0 bridgehead atoms. The molecular formula is C13H12O5. The molecule has 0 spiro atoms. The second kappa shape index (κ2) is 4.91. The first kappa shape index (κ1) is 12.2. The molecule has 94 valence electrons. The predicted octanol–water partition coefficient (Wildman–Crippen LogP) is 1.66. The van der Waals surface area contributed by atoms with Gasteiger partial charge in [0.1, 0.15) is 0 Å². The van der Waals surface area contributed by atoms with Crippen molar-refractivity contribution in [3.63, 3.8) is 0 Å². The van der Waals surface area contributed by atoms with Crippen LogP contribution in [0.25, 0.3) is 0 Å². The van der Waals surface area contributed by atoms with Crippen LogP contribution in [0.1, 0.15) is 18.6 Å². The fourth-order valence-corrected chi connectivity index (χ4v) is 1.70. The van der Waals surface area contributed by atoms with Crippen LogP contribution in [0.4, 0.5) is 0 Å². The van der Waals surface area contributed by atoms with Gasteiger partial charge in [-0.25, -0.2) is 9.59 Å². The van der Waals surface area contributed by atoms with E-state index in [0.29, 0.717) is 5.56 Å². The van der Waals surface area contributed by atoms with Gasteiger partial charge in [-0.3, -0.25) is 0 Å². The normalized spacial score (nSPS) is 18.7. The van der Waals surface area contributed by atoms with E-state index in [0.717, 1.165) is 0 Å². The summed E-state index contributed by atoms with van der Waals surface area (Å²) in [7, 11) is 0. The second-order valence-electron chi connectivity index (χ2n) is 3.68. The molecule has 1 aliphatic rings. The Morgan fingerprint density at radius 3 is 2.67 bits per heavy atom. The summed E-state index contributed by atoms with van der Waals surface area (Å²) in [5.74, 6) is -2.12. The van der Waals surface area contributed by atoms with Crippen LogP contribution in [-0.4, -0.2) is 23.7 Å². The Morgan fingerprint density at radius 2 is 2.06 bits per heavy atom. The number of hydrogen-bond donors (Lipinski definition) is 1. The summed E-state index contributed by atoms with van der Waals surface area (Å²) >= 11 is 0. The minimum absolute atomic E-state index is 0.124. The second-order valence-corrected chi connectivity index (χ2v) is 3.68. The van der Waals surface area contributed by atoms with Gasteiger partial charge in [-0.1, -0.05) is 30.3 Å². The van der Waals surface area contributed by atoms with Crippen LogP contribution in [0.2, 0.25) is 0 Å². The van der Waals surface area contributed by atoms with Gasteiger partial charge in [0.05, 0.1) is 6.61 Å². The first-order chi connectivity index (χ1) is 8.65. The van der Waals surface area contributed by atoms with Crippen LogP contribution in [-0.2, 0) is 19.1 Å². The van der Waals surface area contributed by atoms with Crippen LogP contribution in [0.15, 0.2) is 41.7 Å². The number of carbonyl (C=O) groups excluding carboxylic acids is 2. The van der Waals surface area contributed by atoms with Gasteiger partial charge in [-0.15, -0.1) is 0 Å². The van der Waals surface area contributed by atoms with Crippen LogP contribution in [0, 0.1) is 0 Å². The van der Waals surface area contributed by atoms with Crippen molar-refractivity contribution in [1.82, 2.24) is 0 Å². The van der Waals surface area contributed by atoms with Gasteiger partial charge < -0.3 is 14.6 Å². The SMILES string of the molecule is CCOC(=O)C1=C(O)[C@H](c2ccccc2)OC1=O. The number of aliphatic hydroxyl groups excluding tert-OH is 1. The van der Waals surface area contributed by atoms with Crippen molar-refractivity contribution in [2.75, 3.05) is 6.61 Å². The number of hydrogen-bond acceptors (Lipinski definition) is 5. The van der Waals surface area contributed by atoms with E-state index in [1.54, 1.807) is 37.3 Å². The van der Waals surface area contributed by atoms with E-state index in [-0.39, 0.29) is 6.61 Å². The van der Waals surface area contributed by atoms with Gasteiger partial charge in [0, 0.05) is 5.56 Å². The molecule has 1 aliphatic heterocycles. The molecule has 5 heteroatoms. The van der Waals surface area contributed by atoms with E-state index in [4.69, 9.17) is 9.47 Å². The van der Waals surface area contributed by atoms with Crippen molar-refractivity contribution in [3.8, 4) is 0 Å². The molecule has 0 unspecified atom stereocenters. The third-order valence-corrected chi connectivity index (χ3v) is 2.52. The predicted molar refractivity (Wildman–Crippen MR) is 61.6 cm³/mol. The minimum atomic E-state index is -0.932. The van der Waals surface area contributed by atoms with Gasteiger partial charge in [0.15, 0.2) is 17.4 Å². The zero-order valence-electron chi connectivity index (χ0n) is 9.75. The van der Waals surface area contributed by atoms with Gasteiger partial charge in [0.25, 0.3) is 0 Å². The average Bonchev–Trinajstić information content (AvgIpc) is 2.66. The molecule has 0 aliphatic carbocycles. The highest BCUT2D eigenvalue weighted by Crippen LogP contribution is 2.33. The maximum absolute atomic E-state index is 11.5. The zero-order valence-corrected chi connectivity index (χ0v) is 9.75. The van der Waals surface area contributed by atoms with Crippen molar-refractivity contribution in [1.29, 1.82) is 0 Å². The van der Waals surface area contributed by atoms with E-state index in [2.05, 4.69) is 0 Å². The Hall–Kier alpha value is -2.30. The zero-order chi connectivity index (χ0) is 13.1. The molecule has 1 heterocycles. The van der Waals surface area contributed by atoms with Crippen molar-refractivity contribution in [2.24, 2.45) is 0 Å². The molecule has 0 radical (unpaired) electrons. The van der Waals surface area contributed by atoms with E-state index in [1.807, 2.05) is 0 Å². The van der Waals surface area contributed by atoms with Crippen LogP contribution < -0.4 is 0 Å². The number of ether oxygens (including phenoxy) is 2. The summed E-state index contributed by atoms with van der Waals surface area (Å²) in [5.41, 5.74) is 0.174. The van der Waals surface area contributed by atoms with Gasteiger partial charge >= 0.3 is 11.9 Å². The molecule has 1 aromatic carbocycles. The molecule has 0 amide bonds. The maximum Gasteiger partial charge on any atom is 0.350 e. The quantitative estimate of drug-likeness (QED) is 0.650. The standard InChI is InChI=1S/C13H12O5/c1-2-17-12(15)9-10(14)11(18-13(9)16)8-6-4-3-5-7-8/h3-7,11,14H,2H2,1H3/t11-/m0/s1. The number of esters is 2. The van der Waals surface area contributed by atoms with Gasteiger partial charge in [-0.2, -0.15) is 0 Å². The summed E-state index contributed by atoms with van der Waals surface area (Å²) in [4.78, 5) is 23.0. The van der Waals surface area contributed by atoms with E-state index in [9.17, 15) is 14.7 Å². The Morgan fingerprint density at radius 1 is 1.39 bits per heavy atom. The fraction of sp³-hybridized carbons (Fsp3) is 0.231. The topological polar surface area (TPSA) is 72.8 Å². The van der Waals surface area contributed by atoms with Crippen molar-refractivity contribution in [3.05, 3.63) is 47.2 Å². The lowest BCUT2D eigenvalue weighted by Crippen LogP contribution is -2.14. The molecule has 5 nitrogen and oxygen atoms in total. The first-order valence-corrected chi connectivity index (χ1v) is 5.51. The molecule has 1 aromatic rings. The van der Waals surface area contributed by atoms with E-state index in [1.165, 1.54) is 0 Å². The van der Waals surface area contributed by atoms with Crippen molar-refractivity contribution >= 4 is 11.9 Å². The number of aliphatic hydroxyl groups is 1. The van der Waals surface area contributed by atoms with Gasteiger partial charge in [0.2, 0.25) is 0 Å². The molecule has 0 fully saturated rings. The monoisotopic (exact) mass is 248 g/mol.